The molecule has 1 saturated heterocycles. The second-order valence-corrected chi connectivity index (χ2v) is 8.32. The zero-order chi connectivity index (χ0) is 20.1. The quantitative estimate of drug-likeness (QED) is 0.461. The Morgan fingerprint density at radius 3 is 2.38 bits per heavy atom. The van der Waals surface area contributed by atoms with E-state index in [1.54, 1.807) is 6.07 Å². The van der Waals surface area contributed by atoms with E-state index in [0.717, 1.165) is 31.5 Å². The van der Waals surface area contributed by atoms with Crippen molar-refractivity contribution in [2.45, 2.75) is 38.1 Å². The summed E-state index contributed by atoms with van der Waals surface area (Å²) in [4.78, 5) is 6.66. The van der Waals surface area contributed by atoms with Gasteiger partial charge in [0.1, 0.15) is 0 Å². The Morgan fingerprint density at radius 2 is 1.66 bits per heavy atom. The summed E-state index contributed by atoms with van der Waals surface area (Å²) in [5, 5.41) is 1.28. The zero-order valence-electron chi connectivity index (χ0n) is 16.2. The van der Waals surface area contributed by atoms with E-state index >= 15 is 0 Å². The van der Waals surface area contributed by atoms with Gasteiger partial charge in [-0.05, 0) is 66.4 Å². The molecule has 3 aromatic rings. The number of pyridine rings is 1. The molecule has 29 heavy (non-hydrogen) atoms. The third-order valence-electron chi connectivity index (χ3n) is 5.34. The molecule has 2 aromatic carbocycles. The topological polar surface area (TPSA) is 25.4 Å². The summed E-state index contributed by atoms with van der Waals surface area (Å²) in [5.41, 5.74) is 3.55. The molecule has 4 rings (SSSR count). The van der Waals surface area contributed by atoms with Gasteiger partial charge in [-0.3, -0.25) is 9.88 Å². The minimum Gasteiger partial charge on any atom is -0.372 e. The van der Waals surface area contributed by atoms with Crippen LogP contribution in [0.15, 0.2) is 73.1 Å². The Balaban J connectivity index is 1.55. The Kier molecular flexibility index (Phi) is 6.83. The number of nitrogens with zero attached hydrogens (tertiary/aromatic N) is 2. The molecule has 0 spiro atoms. The predicted octanol–water partition coefficient (Wildman–Crippen LogP) is 6.31. The molecule has 150 valence electrons. The molecule has 0 saturated carbocycles. The maximum Gasteiger partial charge on any atom is 0.0777 e. The van der Waals surface area contributed by atoms with E-state index < -0.39 is 0 Å². The highest BCUT2D eigenvalue weighted by Crippen LogP contribution is 2.35. The van der Waals surface area contributed by atoms with E-state index in [-0.39, 0.29) is 12.1 Å². The number of likely N-dealkylation sites (tertiary alicyclic amines) is 1. The highest BCUT2D eigenvalue weighted by atomic mass is 35.5. The van der Waals surface area contributed by atoms with Gasteiger partial charge in [0, 0.05) is 29.0 Å². The molecule has 0 bridgehead atoms. The molecular weight excluding hydrogens is 403 g/mol. The second-order valence-electron chi connectivity index (χ2n) is 7.45. The molecule has 3 nitrogen and oxygen atoms in total. The number of piperidine rings is 1. The van der Waals surface area contributed by atoms with Crippen LogP contribution in [0.1, 0.15) is 35.6 Å². The highest BCUT2D eigenvalue weighted by Gasteiger charge is 2.33. The van der Waals surface area contributed by atoms with Crippen molar-refractivity contribution in [2.24, 2.45) is 0 Å². The standard InChI is InChI=1S/C24H24Cl2N2O/c25-21-13-19(14-22(26)15-21)17-29-23-7-4-12-28(16-18-8-10-27-11-9-18)24(23)20-5-2-1-3-6-20/h1-3,5-6,8-11,13-15,23-24H,4,7,12,16-17H2/t23-,24-/m0/s1. The molecule has 1 aliphatic heterocycles. The van der Waals surface area contributed by atoms with Crippen LogP contribution in [-0.4, -0.2) is 22.5 Å². The molecule has 0 unspecified atom stereocenters. The minimum atomic E-state index is 0.103. The van der Waals surface area contributed by atoms with E-state index in [1.165, 1.54) is 11.1 Å². The average Bonchev–Trinajstić information content (AvgIpc) is 2.73. The Bertz CT molecular complexity index is 900. The molecule has 0 aliphatic carbocycles. The van der Waals surface area contributed by atoms with Gasteiger partial charge < -0.3 is 4.74 Å². The van der Waals surface area contributed by atoms with Gasteiger partial charge in [0.2, 0.25) is 0 Å². The average molecular weight is 427 g/mol. The normalized spacial score (nSPS) is 19.9. The van der Waals surface area contributed by atoms with Crippen molar-refractivity contribution < 1.29 is 4.74 Å². The summed E-state index contributed by atoms with van der Waals surface area (Å²) in [6.45, 7) is 2.42. The first-order valence-electron chi connectivity index (χ1n) is 9.93. The van der Waals surface area contributed by atoms with Gasteiger partial charge in [-0.15, -0.1) is 0 Å². The van der Waals surface area contributed by atoms with Crippen LogP contribution in [0, 0.1) is 0 Å². The third-order valence-corrected chi connectivity index (χ3v) is 5.78. The van der Waals surface area contributed by atoms with Gasteiger partial charge in [-0.25, -0.2) is 0 Å². The minimum absolute atomic E-state index is 0.103. The molecule has 0 amide bonds. The van der Waals surface area contributed by atoms with Crippen LogP contribution in [0.4, 0.5) is 0 Å². The van der Waals surface area contributed by atoms with Gasteiger partial charge in [0.25, 0.3) is 0 Å². The van der Waals surface area contributed by atoms with Crippen molar-refractivity contribution in [3.8, 4) is 0 Å². The highest BCUT2D eigenvalue weighted by molar-refractivity contribution is 6.34. The maximum atomic E-state index is 6.44. The van der Waals surface area contributed by atoms with Crippen LogP contribution in [-0.2, 0) is 17.9 Å². The Labute approximate surface area is 182 Å². The Morgan fingerprint density at radius 1 is 0.931 bits per heavy atom. The predicted molar refractivity (Wildman–Crippen MR) is 118 cm³/mol. The van der Waals surface area contributed by atoms with E-state index in [0.29, 0.717) is 16.7 Å². The molecule has 0 N–H and O–H groups in total. The Hall–Kier alpha value is -1.91. The molecular formula is C24H24Cl2N2O. The van der Waals surface area contributed by atoms with Crippen molar-refractivity contribution in [3.05, 3.63) is 99.8 Å². The van der Waals surface area contributed by atoms with E-state index in [2.05, 4.69) is 52.3 Å². The molecule has 1 aliphatic rings. The molecule has 5 heteroatoms. The van der Waals surface area contributed by atoms with Crippen LogP contribution in [0.5, 0.6) is 0 Å². The summed E-state index contributed by atoms with van der Waals surface area (Å²) >= 11 is 12.3. The van der Waals surface area contributed by atoms with Crippen molar-refractivity contribution in [1.29, 1.82) is 0 Å². The molecule has 2 heterocycles. The van der Waals surface area contributed by atoms with Gasteiger partial charge in [0.15, 0.2) is 0 Å². The van der Waals surface area contributed by atoms with E-state index in [4.69, 9.17) is 27.9 Å². The number of aromatic nitrogens is 1. The lowest BCUT2D eigenvalue weighted by molar-refractivity contribution is -0.0553. The molecule has 1 aromatic heterocycles. The second kappa shape index (κ2) is 9.73. The largest absolute Gasteiger partial charge is 0.372 e. The van der Waals surface area contributed by atoms with Crippen LogP contribution in [0.3, 0.4) is 0 Å². The lowest BCUT2D eigenvalue weighted by Gasteiger charge is -2.41. The fourth-order valence-electron chi connectivity index (χ4n) is 4.08. The molecule has 0 radical (unpaired) electrons. The SMILES string of the molecule is Clc1cc(Cl)cc(CO[C@H]2CCCN(Cc3ccncc3)[C@H]2c2ccccc2)c1. The lowest BCUT2D eigenvalue weighted by atomic mass is 9.91. The summed E-state index contributed by atoms with van der Waals surface area (Å²) in [7, 11) is 0. The monoisotopic (exact) mass is 426 g/mol. The fourth-order valence-corrected chi connectivity index (χ4v) is 4.65. The van der Waals surface area contributed by atoms with Crippen molar-refractivity contribution in [1.82, 2.24) is 9.88 Å². The van der Waals surface area contributed by atoms with E-state index in [9.17, 15) is 0 Å². The van der Waals surface area contributed by atoms with Crippen LogP contribution in [0.2, 0.25) is 10.0 Å². The number of benzene rings is 2. The van der Waals surface area contributed by atoms with Gasteiger partial charge in [-0.1, -0.05) is 53.5 Å². The molecule has 1 fully saturated rings. The first-order valence-corrected chi connectivity index (χ1v) is 10.7. The number of hydrogen-bond acceptors (Lipinski definition) is 3. The van der Waals surface area contributed by atoms with Gasteiger partial charge in [0.05, 0.1) is 18.8 Å². The van der Waals surface area contributed by atoms with Crippen molar-refractivity contribution in [2.75, 3.05) is 6.54 Å². The van der Waals surface area contributed by atoms with Crippen molar-refractivity contribution in [3.63, 3.8) is 0 Å². The number of halogens is 2. The number of rotatable bonds is 6. The first kappa shape index (κ1) is 20.4. The lowest BCUT2D eigenvalue weighted by Crippen LogP contribution is -2.42. The number of ether oxygens (including phenoxy) is 1. The fraction of sp³-hybridized carbons (Fsp3) is 0.292. The summed E-state index contributed by atoms with van der Waals surface area (Å²) < 4.78 is 6.44. The third kappa shape index (κ3) is 5.37. The van der Waals surface area contributed by atoms with Crippen molar-refractivity contribution >= 4 is 23.2 Å². The smallest absolute Gasteiger partial charge is 0.0777 e. The van der Waals surface area contributed by atoms with Crippen LogP contribution in [0.25, 0.3) is 0 Å². The number of hydrogen-bond donors (Lipinski definition) is 0. The first-order chi connectivity index (χ1) is 14.2. The van der Waals surface area contributed by atoms with E-state index in [1.807, 2.05) is 24.5 Å². The zero-order valence-corrected chi connectivity index (χ0v) is 17.7. The summed E-state index contributed by atoms with van der Waals surface area (Å²) in [6, 6.07) is 20.6. The summed E-state index contributed by atoms with van der Waals surface area (Å²) in [6.07, 6.45) is 5.95. The van der Waals surface area contributed by atoms with Crippen LogP contribution < -0.4 is 0 Å². The summed E-state index contributed by atoms with van der Waals surface area (Å²) in [5.74, 6) is 0. The van der Waals surface area contributed by atoms with Gasteiger partial charge >= 0.3 is 0 Å². The molecule has 2 atom stereocenters. The van der Waals surface area contributed by atoms with Gasteiger partial charge in [-0.2, -0.15) is 0 Å². The van der Waals surface area contributed by atoms with Crippen LogP contribution >= 0.6 is 23.2 Å². The maximum absolute atomic E-state index is 6.44.